The second-order valence-electron chi connectivity index (χ2n) is 6.88. The topological polar surface area (TPSA) is 88.1 Å². The summed E-state index contributed by atoms with van der Waals surface area (Å²) in [6, 6.07) is 9.94. The molecule has 1 atom stereocenters. The van der Waals surface area contributed by atoms with E-state index in [0.717, 1.165) is 24.1 Å². The highest BCUT2D eigenvalue weighted by Gasteiger charge is 2.37. The number of aromatic nitrogens is 3. The molecule has 0 aliphatic carbocycles. The smallest absolute Gasteiger partial charge is 0.243 e. The van der Waals surface area contributed by atoms with Gasteiger partial charge in [0, 0.05) is 18.9 Å². The third-order valence-corrected chi connectivity index (χ3v) is 6.72. The molecule has 9 heteroatoms. The maximum atomic E-state index is 13.2. The first-order chi connectivity index (χ1) is 13.9. The quantitative estimate of drug-likeness (QED) is 0.688. The van der Waals surface area contributed by atoms with Gasteiger partial charge < -0.3 is 5.32 Å². The highest BCUT2D eigenvalue weighted by Crippen LogP contribution is 2.36. The van der Waals surface area contributed by atoms with Crippen LogP contribution in [0.5, 0.6) is 0 Å². The first-order valence-corrected chi connectivity index (χ1v) is 10.7. The number of hydrogen-bond donors (Lipinski definition) is 1. The van der Waals surface area contributed by atoms with Crippen molar-refractivity contribution in [1.82, 2.24) is 19.3 Å². The second kappa shape index (κ2) is 7.84. The molecule has 1 fully saturated rings. The maximum Gasteiger partial charge on any atom is 0.243 e. The zero-order valence-corrected chi connectivity index (χ0v) is 16.6. The van der Waals surface area contributed by atoms with Crippen LogP contribution in [0, 0.1) is 12.7 Å². The van der Waals surface area contributed by atoms with E-state index in [1.165, 1.54) is 16.4 Å². The van der Waals surface area contributed by atoms with Crippen LogP contribution in [0.3, 0.4) is 0 Å². The Morgan fingerprint density at radius 3 is 2.62 bits per heavy atom. The van der Waals surface area contributed by atoms with Crippen molar-refractivity contribution in [3.05, 3.63) is 71.9 Å². The number of sulfonamides is 1. The molecule has 3 heterocycles. The van der Waals surface area contributed by atoms with Crippen LogP contribution < -0.4 is 5.32 Å². The van der Waals surface area contributed by atoms with Crippen LogP contribution in [0.25, 0.3) is 0 Å². The van der Waals surface area contributed by atoms with Crippen LogP contribution in [-0.4, -0.2) is 34.2 Å². The Morgan fingerprint density at radius 1 is 1.10 bits per heavy atom. The molecule has 0 spiro atoms. The van der Waals surface area contributed by atoms with Gasteiger partial charge in [-0.2, -0.15) is 4.31 Å². The van der Waals surface area contributed by atoms with Crippen LogP contribution >= 0.6 is 0 Å². The Morgan fingerprint density at radius 2 is 1.90 bits per heavy atom. The summed E-state index contributed by atoms with van der Waals surface area (Å²) in [5.41, 5.74) is 1.65. The Labute approximate surface area is 168 Å². The van der Waals surface area contributed by atoms with E-state index in [0.29, 0.717) is 30.4 Å². The molecule has 1 N–H and O–H groups in total. The van der Waals surface area contributed by atoms with Crippen molar-refractivity contribution in [1.29, 1.82) is 0 Å². The number of aryl methyl sites for hydroxylation is 1. The second-order valence-corrected chi connectivity index (χ2v) is 8.77. The normalized spacial score (nSPS) is 17.4. The summed E-state index contributed by atoms with van der Waals surface area (Å²) in [5.74, 6) is 0.484. The van der Waals surface area contributed by atoms with Crippen molar-refractivity contribution in [2.75, 3.05) is 11.9 Å². The molecule has 0 saturated carbocycles. The highest BCUT2D eigenvalue weighted by molar-refractivity contribution is 7.89. The van der Waals surface area contributed by atoms with E-state index >= 15 is 0 Å². The van der Waals surface area contributed by atoms with Crippen LogP contribution in [-0.2, 0) is 10.0 Å². The summed E-state index contributed by atoms with van der Waals surface area (Å²) in [5, 5.41) is 3.04. The van der Waals surface area contributed by atoms with Gasteiger partial charge in [-0.1, -0.05) is 6.07 Å². The number of benzene rings is 1. The first-order valence-electron chi connectivity index (χ1n) is 9.23. The summed E-state index contributed by atoms with van der Waals surface area (Å²) in [4.78, 5) is 13.1. The van der Waals surface area contributed by atoms with Gasteiger partial charge in [-0.25, -0.2) is 27.8 Å². The lowest BCUT2D eigenvalue weighted by Gasteiger charge is -2.24. The number of rotatable bonds is 5. The van der Waals surface area contributed by atoms with Crippen LogP contribution in [0.4, 0.5) is 16.2 Å². The average molecular weight is 413 g/mol. The molecule has 1 aliphatic heterocycles. The SMILES string of the molecule is Cc1ccc(Nc2nccc(C3CCCN3S(=O)(=O)c3ccc(F)cc3)n2)nc1. The fourth-order valence-corrected chi connectivity index (χ4v) is 5.01. The van der Waals surface area contributed by atoms with Gasteiger partial charge in [0.05, 0.1) is 16.6 Å². The predicted molar refractivity (Wildman–Crippen MR) is 107 cm³/mol. The molecular weight excluding hydrogens is 393 g/mol. The number of hydrogen-bond acceptors (Lipinski definition) is 6. The molecule has 3 aromatic rings. The summed E-state index contributed by atoms with van der Waals surface area (Å²) >= 11 is 0. The van der Waals surface area contributed by atoms with Crippen molar-refractivity contribution in [2.45, 2.75) is 30.7 Å². The largest absolute Gasteiger partial charge is 0.309 e. The molecule has 0 amide bonds. The van der Waals surface area contributed by atoms with Crippen molar-refractivity contribution in [2.24, 2.45) is 0 Å². The Kier molecular flexibility index (Phi) is 5.25. The number of nitrogens with zero attached hydrogens (tertiary/aromatic N) is 4. The van der Waals surface area contributed by atoms with Crippen LogP contribution in [0.2, 0.25) is 0 Å². The predicted octanol–water partition coefficient (Wildman–Crippen LogP) is 3.59. The van der Waals surface area contributed by atoms with E-state index in [1.54, 1.807) is 18.5 Å². The first kappa shape index (κ1) is 19.4. The fraction of sp³-hybridized carbons (Fsp3) is 0.250. The van der Waals surface area contributed by atoms with Gasteiger partial charge in [0.25, 0.3) is 0 Å². The molecule has 29 heavy (non-hydrogen) atoms. The standard InChI is InChI=1S/C20H20FN5O2S/c1-14-4-9-19(23-13-14)25-20-22-11-10-17(24-20)18-3-2-12-26(18)29(27,28)16-7-5-15(21)6-8-16/h4-11,13,18H,2-3,12H2,1H3,(H,22,23,24,25). The van der Waals surface area contributed by atoms with E-state index in [2.05, 4.69) is 20.3 Å². The van der Waals surface area contributed by atoms with E-state index in [9.17, 15) is 12.8 Å². The molecular formula is C20H20FN5O2S. The van der Waals surface area contributed by atoms with Crippen LogP contribution in [0.1, 0.15) is 30.1 Å². The molecule has 7 nitrogen and oxygen atoms in total. The minimum absolute atomic E-state index is 0.0714. The summed E-state index contributed by atoms with van der Waals surface area (Å²) in [6.07, 6.45) is 4.71. The van der Waals surface area contributed by atoms with Crippen molar-refractivity contribution in [3.63, 3.8) is 0 Å². The monoisotopic (exact) mass is 413 g/mol. The van der Waals surface area contributed by atoms with Gasteiger partial charge in [0.1, 0.15) is 11.6 Å². The molecule has 1 aromatic carbocycles. The van der Waals surface area contributed by atoms with Gasteiger partial charge in [-0.3, -0.25) is 0 Å². The Balaban J connectivity index is 1.60. The third-order valence-electron chi connectivity index (χ3n) is 4.79. The summed E-state index contributed by atoms with van der Waals surface area (Å²) in [6.45, 7) is 2.33. The minimum Gasteiger partial charge on any atom is -0.309 e. The Bertz CT molecular complexity index is 1100. The fourth-order valence-electron chi connectivity index (χ4n) is 3.34. The number of pyridine rings is 1. The molecule has 1 saturated heterocycles. The van der Waals surface area contributed by atoms with E-state index < -0.39 is 21.9 Å². The van der Waals surface area contributed by atoms with Gasteiger partial charge in [-0.15, -0.1) is 0 Å². The van der Waals surface area contributed by atoms with E-state index in [1.807, 2.05) is 19.1 Å². The zero-order valence-electron chi connectivity index (χ0n) is 15.8. The molecule has 150 valence electrons. The van der Waals surface area contributed by atoms with Gasteiger partial charge in [-0.05, 0) is 61.7 Å². The Hall–Kier alpha value is -2.91. The molecule has 4 rings (SSSR count). The van der Waals surface area contributed by atoms with Crippen molar-refractivity contribution >= 4 is 21.8 Å². The molecule has 0 radical (unpaired) electrons. The maximum absolute atomic E-state index is 13.2. The van der Waals surface area contributed by atoms with Crippen molar-refractivity contribution < 1.29 is 12.8 Å². The van der Waals surface area contributed by atoms with Gasteiger partial charge in [0.2, 0.25) is 16.0 Å². The lowest BCUT2D eigenvalue weighted by Crippen LogP contribution is -2.31. The zero-order chi connectivity index (χ0) is 20.4. The molecule has 2 aromatic heterocycles. The van der Waals surface area contributed by atoms with E-state index in [4.69, 9.17) is 0 Å². The lowest BCUT2D eigenvalue weighted by atomic mass is 10.1. The summed E-state index contributed by atoms with van der Waals surface area (Å²) in [7, 11) is -3.76. The third kappa shape index (κ3) is 4.10. The van der Waals surface area contributed by atoms with E-state index in [-0.39, 0.29) is 4.90 Å². The number of anilines is 2. The molecule has 1 unspecified atom stereocenters. The molecule has 0 bridgehead atoms. The van der Waals surface area contributed by atoms with Crippen molar-refractivity contribution in [3.8, 4) is 0 Å². The average Bonchev–Trinajstić information content (AvgIpc) is 3.21. The molecule has 1 aliphatic rings. The van der Waals surface area contributed by atoms with Gasteiger partial charge >= 0.3 is 0 Å². The highest BCUT2D eigenvalue weighted by atomic mass is 32.2. The minimum atomic E-state index is -3.76. The van der Waals surface area contributed by atoms with Crippen LogP contribution in [0.15, 0.2) is 59.8 Å². The number of halogens is 1. The summed E-state index contributed by atoms with van der Waals surface area (Å²) < 4.78 is 40.8. The lowest BCUT2D eigenvalue weighted by molar-refractivity contribution is 0.390. The number of nitrogens with one attached hydrogen (secondary N) is 1. The van der Waals surface area contributed by atoms with Gasteiger partial charge in [0.15, 0.2) is 0 Å².